The lowest BCUT2D eigenvalue weighted by Gasteiger charge is -2.26. The van der Waals surface area contributed by atoms with Gasteiger partial charge < -0.3 is 10.1 Å². The minimum absolute atomic E-state index is 0.0730. The molecule has 1 atom stereocenters. The number of esters is 1. The zero-order chi connectivity index (χ0) is 8.97. The van der Waals surface area contributed by atoms with Gasteiger partial charge in [-0.3, -0.25) is 9.59 Å². The lowest BCUT2D eigenvalue weighted by Crippen LogP contribution is -2.48. The van der Waals surface area contributed by atoms with E-state index in [1.165, 1.54) is 0 Å². The Balaban J connectivity index is 2.02. The molecule has 68 valence electrons. The van der Waals surface area contributed by atoms with Crippen molar-refractivity contribution in [2.24, 2.45) is 0 Å². The fourth-order valence-corrected chi connectivity index (χ4v) is 1.13. The van der Waals surface area contributed by atoms with E-state index in [1.807, 2.05) is 0 Å². The predicted octanol–water partition coefficient (Wildman–Crippen LogP) is 0.218. The first kappa shape index (κ1) is 9.03. The first-order chi connectivity index (χ1) is 5.72. The number of hydrogen-bond donors (Lipinski definition) is 1. The summed E-state index contributed by atoms with van der Waals surface area (Å²) in [6.45, 7) is 2.21. The second kappa shape index (κ2) is 4.09. The summed E-state index contributed by atoms with van der Waals surface area (Å²) in [4.78, 5) is 21.3. The number of hydrogen-bond acceptors (Lipinski definition) is 3. The number of carbonyl (C=O) groups excluding carboxylic acids is 2. The van der Waals surface area contributed by atoms with Crippen molar-refractivity contribution in [3.8, 4) is 0 Å². The van der Waals surface area contributed by atoms with E-state index >= 15 is 0 Å². The van der Waals surface area contributed by atoms with Crippen LogP contribution in [0, 0.1) is 0 Å². The van der Waals surface area contributed by atoms with Gasteiger partial charge in [0, 0.05) is 18.9 Å². The Hall–Kier alpha value is -1.06. The van der Waals surface area contributed by atoms with Crippen LogP contribution >= 0.6 is 0 Å². The monoisotopic (exact) mass is 171 g/mol. The normalized spacial score (nSPS) is 21.1. The first-order valence-electron chi connectivity index (χ1n) is 4.17. The van der Waals surface area contributed by atoms with E-state index in [0.29, 0.717) is 25.9 Å². The van der Waals surface area contributed by atoms with Crippen LogP contribution in [0.3, 0.4) is 0 Å². The number of rotatable bonds is 4. The highest BCUT2D eigenvalue weighted by Gasteiger charge is 2.25. The molecule has 0 radical (unpaired) electrons. The maximum absolute atomic E-state index is 10.8. The van der Waals surface area contributed by atoms with E-state index < -0.39 is 0 Å². The first-order valence-corrected chi connectivity index (χ1v) is 4.17. The largest absolute Gasteiger partial charge is 0.466 e. The highest BCUT2D eigenvalue weighted by Crippen LogP contribution is 2.10. The molecule has 0 saturated carbocycles. The second-order valence-electron chi connectivity index (χ2n) is 2.81. The third-order valence-electron chi connectivity index (χ3n) is 1.80. The van der Waals surface area contributed by atoms with Gasteiger partial charge >= 0.3 is 5.97 Å². The maximum atomic E-state index is 10.8. The number of β-lactam (4-membered cyclic amide) rings is 1. The SMILES string of the molecule is CCOC(=O)CC[C@@H]1CC(=O)N1. The van der Waals surface area contributed by atoms with Gasteiger partial charge in [-0.25, -0.2) is 0 Å². The Kier molecular flexibility index (Phi) is 3.08. The van der Waals surface area contributed by atoms with E-state index in [1.54, 1.807) is 6.92 Å². The van der Waals surface area contributed by atoms with Gasteiger partial charge in [0.25, 0.3) is 0 Å². The highest BCUT2D eigenvalue weighted by molar-refractivity contribution is 5.83. The molecule has 1 N–H and O–H groups in total. The smallest absolute Gasteiger partial charge is 0.305 e. The van der Waals surface area contributed by atoms with Gasteiger partial charge in [-0.2, -0.15) is 0 Å². The van der Waals surface area contributed by atoms with Gasteiger partial charge in [-0.15, -0.1) is 0 Å². The van der Waals surface area contributed by atoms with Gasteiger partial charge in [0.2, 0.25) is 5.91 Å². The maximum Gasteiger partial charge on any atom is 0.305 e. The summed E-state index contributed by atoms with van der Waals surface area (Å²) < 4.78 is 4.74. The van der Waals surface area contributed by atoms with Crippen LogP contribution in [-0.2, 0) is 14.3 Å². The molecule has 0 aromatic carbocycles. The second-order valence-corrected chi connectivity index (χ2v) is 2.81. The molecule has 0 aliphatic carbocycles. The lowest BCUT2D eigenvalue weighted by molar-refractivity contribution is -0.144. The molecule has 1 saturated heterocycles. The molecule has 0 aromatic rings. The highest BCUT2D eigenvalue weighted by atomic mass is 16.5. The quantitative estimate of drug-likeness (QED) is 0.486. The lowest BCUT2D eigenvalue weighted by atomic mass is 10.0. The number of carbonyl (C=O) groups is 2. The van der Waals surface area contributed by atoms with Crippen LogP contribution in [0.2, 0.25) is 0 Å². The van der Waals surface area contributed by atoms with Gasteiger partial charge in [-0.1, -0.05) is 0 Å². The molecule has 1 aliphatic rings. The van der Waals surface area contributed by atoms with Gasteiger partial charge in [0.05, 0.1) is 6.61 Å². The van der Waals surface area contributed by atoms with Crippen molar-refractivity contribution < 1.29 is 14.3 Å². The Morgan fingerprint density at radius 3 is 2.92 bits per heavy atom. The Morgan fingerprint density at radius 2 is 2.42 bits per heavy atom. The molecule has 0 aromatic heterocycles. The summed E-state index contributed by atoms with van der Waals surface area (Å²) in [7, 11) is 0. The Morgan fingerprint density at radius 1 is 1.75 bits per heavy atom. The molecule has 0 spiro atoms. The topological polar surface area (TPSA) is 55.4 Å². The summed E-state index contributed by atoms with van der Waals surface area (Å²) in [6.07, 6.45) is 1.66. The van der Waals surface area contributed by atoms with Crippen LogP contribution in [0.1, 0.15) is 26.2 Å². The number of amides is 1. The molecule has 4 heteroatoms. The summed E-state index contributed by atoms with van der Waals surface area (Å²) in [6, 6.07) is 0.196. The van der Waals surface area contributed by atoms with Crippen molar-refractivity contribution in [3.63, 3.8) is 0 Å². The summed E-state index contributed by atoms with van der Waals surface area (Å²) in [5, 5.41) is 2.69. The van der Waals surface area contributed by atoms with Crippen molar-refractivity contribution in [2.75, 3.05) is 6.61 Å². The van der Waals surface area contributed by atoms with E-state index in [2.05, 4.69) is 5.32 Å². The standard InChI is InChI=1S/C8H13NO3/c1-2-12-8(11)4-3-6-5-7(10)9-6/h6H,2-5H2,1H3,(H,9,10)/t6-/m1/s1. The summed E-state index contributed by atoms with van der Waals surface area (Å²) >= 11 is 0. The molecule has 12 heavy (non-hydrogen) atoms. The third-order valence-corrected chi connectivity index (χ3v) is 1.80. The fraction of sp³-hybridized carbons (Fsp3) is 0.750. The van der Waals surface area contributed by atoms with Gasteiger partial charge in [-0.05, 0) is 13.3 Å². The Labute approximate surface area is 71.3 Å². The number of ether oxygens (including phenoxy) is 1. The molecule has 1 heterocycles. The molecule has 4 nitrogen and oxygen atoms in total. The van der Waals surface area contributed by atoms with E-state index in [-0.39, 0.29) is 17.9 Å². The van der Waals surface area contributed by atoms with Crippen molar-refractivity contribution in [1.29, 1.82) is 0 Å². The molecular formula is C8H13NO3. The molecule has 1 fully saturated rings. The fourth-order valence-electron chi connectivity index (χ4n) is 1.13. The Bertz CT molecular complexity index is 183. The molecule has 0 bridgehead atoms. The molecule has 1 rings (SSSR count). The van der Waals surface area contributed by atoms with Crippen LogP contribution in [0.15, 0.2) is 0 Å². The molecule has 0 unspecified atom stereocenters. The zero-order valence-corrected chi connectivity index (χ0v) is 7.13. The summed E-state index contributed by atoms with van der Waals surface area (Å²) in [5.74, 6) is -0.109. The van der Waals surface area contributed by atoms with Crippen molar-refractivity contribution in [3.05, 3.63) is 0 Å². The number of nitrogens with one attached hydrogen (secondary N) is 1. The van der Waals surface area contributed by atoms with Gasteiger partial charge in [0.1, 0.15) is 0 Å². The molecular weight excluding hydrogens is 158 g/mol. The van der Waals surface area contributed by atoms with Crippen LogP contribution < -0.4 is 5.32 Å². The van der Waals surface area contributed by atoms with Crippen molar-refractivity contribution in [2.45, 2.75) is 32.2 Å². The minimum Gasteiger partial charge on any atom is -0.466 e. The molecule has 1 amide bonds. The van der Waals surface area contributed by atoms with E-state index in [9.17, 15) is 9.59 Å². The average molecular weight is 171 g/mol. The van der Waals surface area contributed by atoms with Crippen LogP contribution in [0.4, 0.5) is 0 Å². The van der Waals surface area contributed by atoms with Crippen molar-refractivity contribution >= 4 is 11.9 Å². The van der Waals surface area contributed by atoms with Crippen LogP contribution in [0.5, 0.6) is 0 Å². The van der Waals surface area contributed by atoms with E-state index in [4.69, 9.17) is 4.74 Å². The summed E-state index contributed by atoms with van der Waals surface area (Å²) in [5.41, 5.74) is 0. The van der Waals surface area contributed by atoms with Crippen molar-refractivity contribution in [1.82, 2.24) is 5.32 Å². The zero-order valence-electron chi connectivity index (χ0n) is 7.13. The van der Waals surface area contributed by atoms with E-state index in [0.717, 1.165) is 0 Å². The van der Waals surface area contributed by atoms with Crippen LogP contribution in [-0.4, -0.2) is 24.5 Å². The molecule has 1 aliphatic heterocycles. The predicted molar refractivity (Wildman–Crippen MR) is 42.4 cm³/mol. The minimum atomic E-state index is -0.182. The van der Waals surface area contributed by atoms with Crippen LogP contribution in [0.25, 0.3) is 0 Å². The van der Waals surface area contributed by atoms with Gasteiger partial charge in [0.15, 0.2) is 0 Å². The average Bonchev–Trinajstić information content (AvgIpc) is 1.96. The third kappa shape index (κ3) is 2.53.